The molecule has 0 aliphatic heterocycles. The first-order valence-electron chi connectivity index (χ1n) is 13.2. The standard InChI is InChI=1S/C28H34N4O11/c29-15-7-13-21(31(25(35)36)27(39)41-17-19-9-3-1-4-10-19)23(33)43-24(34)22(14-8-16-30)32(26(37)38)28(40)42-18-20-11-5-2-6-12-20/h1-6,9-12,21-22H,7-8,13-18,29-30H2,(H,35,36)(H,37,38)/t21-,22-/m0/s1. The van der Waals surface area contributed by atoms with Crippen molar-refractivity contribution >= 4 is 36.3 Å². The van der Waals surface area contributed by atoms with Crippen LogP contribution in [0.25, 0.3) is 0 Å². The average molecular weight is 603 g/mol. The molecule has 2 aromatic carbocycles. The van der Waals surface area contributed by atoms with Crippen LogP contribution in [0.3, 0.4) is 0 Å². The van der Waals surface area contributed by atoms with Gasteiger partial charge >= 0.3 is 36.3 Å². The molecule has 43 heavy (non-hydrogen) atoms. The number of carbonyl (C=O) groups excluding carboxylic acids is 4. The molecule has 0 radical (unpaired) electrons. The number of esters is 2. The van der Waals surface area contributed by atoms with Crippen LogP contribution in [0.1, 0.15) is 36.8 Å². The van der Waals surface area contributed by atoms with Crippen LogP contribution in [0, 0.1) is 0 Å². The summed E-state index contributed by atoms with van der Waals surface area (Å²) in [5.74, 6) is -3.00. The topological polar surface area (TPSA) is 229 Å². The number of carbonyl (C=O) groups is 6. The van der Waals surface area contributed by atoms with Crippen LogP contribution < -0.4 is 11.5 Å². The Morgan fingerprint density at radius 2 is 0.977 bits per heavy atom. The highest BCUT2D eigenvalue weighted by molar-refractivity contribution is 5.99. The maximum atomic E-state index is 13.1. The fraction of sp³-hybridized carbons (Fsp3) is 0.357. The molecule has 15 nitrogen and oxygen atoms in total. The predicted molar refractivity (Wildman–Crippen MR) is 148 cm³/mol. The van der Waals surface area contributed by atoms with E-state index in [1.807, 2.05) is 0 Å². The van der Waals surface area contributed by atoms with E-state index in [4.69, 9.17) is 25.7 Å². The molecule has 0 saturated heterocycles. The van der Waals surface area contributed by atoms with Gasteiger partial charge in [-0.1, -0.05) is 60.7 Å². The van der Waals surface area contributed by atoms with Crippen LogP contribution in [0.15, 0.2) is 60.7 Å². The number of nitrogens with zero attached hydrogens (tertiary/aromatic N) is 2. The van der Waals surface area contributed by atoms with E-state index in [1.165, 1.54) is 0 Å². The second kappa shape index (κ2) is 17.7. The molecular weight excluding hydrogens is 568 g/mol. The molecule has 2 rings (SSSR count). The number of rotatable bonds is 14. The molecule has 0 unspecified atom stereocenters. The van der Waals surface area contributed by atoms with Gasteiger partial charge in [-0.2, -0.15) is 9.80 Å². The monoisotopic (exact) mass is 602 g/mol. The summed E-state index contributed by atoms with van der Waals surface area (Å²) in [5.41, 5.74) is 12.1. The summed E-state index contributed by atoms with van der Waals surface area (Å²) in [5, 5.41) is 19.5. The van der Waals surface area contributed by atoms with Crippen LogP contribution in [0.2, 0.25) is 0 Å². The Morgan fingerprint density at radius 3 is 1.28 bits per heavy atom. The largest absolute Gasteiger partial charge is 0.464 e. The van der Waals surface area contributed by atoms with Gasteiger partial charge < -0.3 is 35.9 Å². The Hall–Kier alpha value is -5.02. The molecule has 0 fully saturated rings. The quantitative estimate of drug-likeness (QED) is 0.139. The number of carboxylic acid groups (broad SMARTS) is 2. The summed E-state index contributed by atoms with van der Waals surface area (Å²) in [6.45, 7) is -0.658. The van der Waals surface area contributed by atoms with Crippen molar-refractivity contribution < 1.29 is 53.2 Å². The normalized spacial score (nSPS) is 11.9. The van der Waals surface area contributed by atoms with Crippen molar-refractivity contribution in [2.75, 3.05) is 13.1 Å². The first-order valence-corrected chi connectivity index (χ1v) is 13.2. The minimum absolute atomic E-state index is 0.0105. The highest BCUT2D eigenvalue weighted by Crippen LogP contribution is 2.17. The van der Waals surface area contributed by atoms with Gasteiger partial charge in [0, 0.05) is 0 Å². The summed E-state index contributed by atoms with van der Waals surface area (Å²) in [6.07, 6.45) is -7.20. The van der Waals surface area contributed by atoms with Crippen molar-refractivity contribution in [3.8, 4) is 0 Å². The van der Waals surface area contributed by atoms with Crippen LogP contribution in [-0.2, 0) is 37.0 Å². The molecule has 0 aromatic heterocycles. The summed E-state index contributed by atoms with van der Waals surface area (Å²) < 4.78 is 15.0. The summed E-state index contributed by atoms with van der Waals surface area (Å²) in [7, 11) is 0. The van der Waals surface area contributed by atoms with Crippen molar-refractivity contribution in [1.82, 2.24) is 9.80 Å². The van der Waals surface area contributed by atoms with Crippen LogP contribution >= 0.6 is 0 Å². The van der Waals surface area contributed by atoms with Gasteiger partial charge in [0.25, 0.3) is 0 Å². The maximum absolute atomic E-state index is 13.1. The van der Waals surface area contributed by atoms with Gasteiger partial charge in [-0.15, -0.1) is 0 Å². The Labute approximate surface area is 246 Å². The van der Waals surface area contributed by atoms with Crippen LogP contribution in [0.5, 0.6) is 0 Å². The van der Waals surface area contributed by atoms with Gasteiger partial charge in [-0.05, 0) is 49.9 Å². The van der Waals surface area contributed by atoms with Crippen molar-refractivity contribution in [3.05, 3.63) is 71.8 Å². The van der Waals surface area contributed by atoms with Crippen LogP contribution in [-0.4, -0.2) is 81.5 Å². The van der Waals surface area contributed by atoms with Crippen molar-refractivity contribution in [2.45, 2.75) is 51.0 Å². The van der Waals surface area contributed by atoms with E-state index in [0.29, 0.717) is 11.1 Å². The van der Waals surface area contributed by atoms with E-state index in [2.05, 4.69) is 0 Å². The van der Waals surface area contributed by atoms with Gasteiger partial charge in [0.2, 0.25) is 0 Å². The van der Waals surface area contributed by atoms with Gasteiger partial charge in [-0.25, -0.2) is 28.8 Å². The lowest BCUT2D eigenvalue weighted by Gasteiger charge is -2.28. The average Bonchev–Trinajstić information content (AvgIpc) is 2.99. The smallest absolute Gasteiger partial charge is 0.420 e. The minimum atomic E-state index is -1.88. The van der Waals surface area contributed by atoms with Gasteiger partial charge in [0.1, 0.15) is 25.3 Å². The molecule has 0 aliphatic carbocycles. The summed E-state index contributed by atoms with van der Waals surface area (Å²) in [4.78, 5) is 75.9. The molecule has 15 heteroatoms. The molecular formula is C28H34N4O11. The highest BCUT2D eigenvalue weighted by atomic mass is 16.6. The SMILES string of the molecule is NCCC[C@@H](C(=O)OC(=O)[C@H](CCCN)N(C(=O)O)C(=O)OCc1ccccc1)N(C(=O)O)C(=O)OCc1ccccc1. The lowest BCUT2D eigenvalue weighted by atomic mass is 10.1. The molecule has 0 aliphatic rings. The van der Waals surface area contributed by atoms with E-state index >= 15 is 0 Å². The predicted octanol–water partition coefficient (Wildman–Crippen LogP) is 2.90. The zero-order valence-electron chi connectivity index (χ0n) is 23.2. The zero-order valence-corrected chi connectivity index (χ0v) is 23.2. The first kappa shape index (κ1) is 34.2. The number of amides is 4. The third-order valence-corrected chi connectivity index (χ3v) is 5.95. The molecule has 6 N–H and O–H groups in total. The van der Waals surface area contributed by atoms with Crippen LogP contribution in [0.4, 0.5) is 19.2 Å². The molecule has 2 atom stereocenters. The molecule has 2 aromatic rings. The second-order valence-electron chi connectivity index (χ2n) is 9.02. The number of imide groups is 2. The zero-order chi connectivity index (χ0) is 31.8. The van der Waals surface area contributed by atoms with Gasteiger partial charge in [0.05, 0.1) is 0 Å². The van der Waals surface area contributed by atoms with E-state index in [9.17, 15) is 39.0 Å². The fourth-order valence-corrected chi connectivity index (χ4v) is 3.82. The third-order valence-electron chi connectivity index (χ3n) is 5.95. The summed E-state index contributed by atoms with van der Waals surface area (Å²) >= 11 is 0. The molecule has 0 bridgehead atoms. The molecule has 0 spiro atoms. The summed E-state index contributed by atoms with van der Waals surface area (Å²) in [6, 6.07) is 12.9. The highest BCUT2D eigenvalue weighted by Gasteiger charge is 2.42. The van der Waals surface area contributed by atoms with E-state index < -0.39 is 48.4 Å². The second-order valence-corrected chi connectivity index (χ2v) is 9.02. The number of nitrogens with two attached hydrogens (primary N) is 2. The molecule has 232 valence electrons. The van der Waals surface area contributed by atoms with Gasteiger partial charge in [0.15, 0.2) is 0 Å². The number of ether oxygens (including phenoxy) is 3. The molecule has 0 saturated carbocycles. The number of benzene rings is 2. The maximum Gasteiger partial charge on any atom is 0.420 e. The molecule has 4 amide bonds. The molecule has 0 heterocycles. The number of hydrogen-bond donors (Lipinski definition) is 4. The Bertz CT molecular complexity index is 1150. The van der Waals surface area contributed by atoms with E-state index in [-0.39, 0.29) is 61.8 Å². The Kier molecular flexibility index (Phi) is 14.1. The van der Waals surface area contributed by atoms with Crippen molar-refractivity contribution in [1.29, 1.82) is 0 Å². The number of hydrogen-bond acceptors (Lipinski definition) is 11. The Balaban J connectivity index is 2.26. The van der Waals surface area contributed by atoms with E-state index in [0.717, 1.165) is 0 Å². The fourth-order valence-electron chi connectivity index (χ4n) is 3.82. The minimum Gasteiger partial charge on any atom is -0.464 e. The van der Waals surface area contributed by atoms with E-state index in [1.54, 1.807) is 60.7 Å². The third kappa shape index (κ3) is 10.7. The Morgan fingerprint density at radius 1 is 0.628 bits per heavy atom. The van der Waals surface area contributed by atoms with Gasteiger partial charge in [-0.3, -0.25) is 0 Å². The van der Waals surface area contributed by atoms with Crippen molar-refractivity contribution in [2.24, 2.45) is 11.5 Å². The lowest BCUT2D eigenvalue weighted by molar-refractivity contribution is -0.166. The lowest BCUT2D eigenvalue weighted by Crippen LogP contribution is -2.52. The first-order chi connectivity index (χ1) is 20.6. The van der Waals surface area contributed by atoms with Crippen molar-refractivity contribution in [3.63, 3.8) is 0 Å².